The molecule has 1 aromatic heterocycles. The van der Waals surface area contributed by atoms with Gasteiger partial charge in [0.1, 0.15) is 0 Å². The molecule has 6 heteroatoms. The van der Waals surface area contributed by atoms with Gasteiger partial charge in [-0.1, -0.05) is 49.2 Å². The summed E-state index contributed by atoms with van der Waals surface area (Å²) in [6.07, 6.45) is 19.1. The van der Waals surface area contributed by atoms with Gasteiger partial charge >= 0.3 is 0 Å². The predicted molar refractivity (Wildman–Crippen MR) is 168 cm³/mol. The molecule has 2 saturated heterocycles. The Morgan fingerprint density at radius 1 is 0.800 bits per heavy atom. The minimum atomic E-state index is 0.489. The van der Waals surface area contributed by atoms with Crippen molar-refractivity contribution in [3.05, 3.63) is 60.9 Å². The van der Waals surface area contributed by atoms with Gasteiger partial charge in [0.05, 0.1) is 6.04 Å². The Labute approximate surface area is 246 Å². The van der Waals surface area contributed by atoms with E-state index in [0.717, 1.165) is 40.3 Å². The van der Waals surface area contributed by atoms with Crippen molar-refractivity contribution in [2.45, 2.75) is 96.0 Å². The van der Waals surface area contributed by atoms with Crippen LogP contribution in [-0.2, 0) is 0 Å². The maximum Gasteiger partial charge on any atom is 0.299 e. The van der Waals surface area contributed by atoms with Gasteiger partial charge in [-0.3, -0.25) is 0 Å². The van der Waals surface area contributed by atoms with E-state index < -0.39 is 0 Å². The van der Waals surface area contributed by atoms with Crippen molar-refractivity contribution in [3.8, 4) is 11.1 Å². The SMILES string of the molecule is C1=CN2C3C1CCCC3C1CCCC3SC4CC5B6c7c(cccc7-c7cccc8ccn6c78)SC5CC4N2C31. The van der Waals surface area contributed by atoms with Crippen LogP contribution >= 0.6 is 23.5 Å². The quantitative estimate of drug-likeness (QED) is 0.277. The monoisotopic (exact) mass is 561 g/mol. The van der Waals surface area contributed by atoms with E-state index in [-0.39, 0.29) is 0 Å². The van der Waals surface area contributed by atoms with E-state index in [1.54, 1.807) is 10.4 Å². The molecule has 3 aliphatic carbocycles. The summed E-state index contributed by atoms with van der Waals surface area (Å²) in [6, 6.07) is 18.7. The highest BCUT2D eigenvalue weighted by Gasteiger charge is 2.62. The Bertz CT molecular complexity index is 1600. The fourth-order valence-electron chi connectivity index (χ4n) is 11.4. The zero-order valence-electron chi connectivity index (χ0n) is 22.9. The summed E-state index contributed by atoms with van der Waals surface area (Å²) in [5, 5.41) is 9.64. The Hall–Kier alpha value is -1.76. The highest BCUT2D eigenvalue weighted by molar-refractivity contribution is 8.01. The predicted octanol–water partition coefficient (Wildman–Crippen LogP) is 6.87. The van der Waals surface area contributed by atoms with Crippen LogP contribution in [0, 0.1) is 17.8 Å². The third kappa shape index (κ3) is 2.74. The molecule has 5 fully saturated rings. The van der Waals surface area contributed by atoms with E-state index in [9.17, 15) is 0 Å². The molecule has 0 spiro atoms. The molecule has 0 N–H and O–H groups in total. The van der Waals surface area contributed by atoms with Crippen LogP contribution < -0.4 is 5.46 Å². The number of hydrazine groups is 1. The van der Waals surface area contributed by atoms with E-state index in [4.69, 9.17) is 0 Å². The lowest BCUT2D eigenvalue weighted by Gasteiger charge is -2.66. The summed E-state index contributed by atoms with van der Waals surface area (Å²) in [7, 11) is 0. The second-order valence-corrected chi connectivity index (χ2v) is 16.9. The van der Waals surface area contributed by atoms with Crippen molar-refractivity contribution >= 4 is 46.7 Å². The van der Waals surface area contributed by atoms with Crippen molar-refractivity contribution in [2.75, 3.05) is 0 Å². The van der Waals surface area contributed by atoms with Crippen molar-refractivity contribution in [1.29, 1.82) is 0 Å². The lowest BCUT2D eigenvalue weighted by molar-refractivity contribution is -0.190. The minimum Gasteiger partial charge on any atom is -0.386 e. The molecule has 202 valence electrons. The molecule has 6 heterocycles. The Morgan fingerprint density at radius 2 is 1.68 bits per heavy atom. The van der Waals surface area contributed by atoms with E-state index >= 15 is 0 Å². The van der Waals surface area contributed by atoms with Crippen LogP contribution in [0.25, 0.3) is 22.0 Å². The number of nitrogens with zero attached hydrogens (tertiary/aromatic N) is 3. The van der Waals surface area contributed by atoms with Gasteiger partial charge in [0.15, 0.2) is 0 Å². The van der Waals surface area contributed by atoms with Gasteiger partial charge in [-0.05, 0) is 90.9 Å². The summed E-state index contributed by atoms with van der Waals surface area (Å²) < 4.78 is 2.71. The van der Waals surface area contributed by atoms with Crippen LogP contribution in [0.1, 0.15) is 51.4 Å². The molecule has 0 bridgehead atoms. The van der Waals surface area contributed by atoms with Crippen LogP contribution in [-0.4, -0.2) is 55.2 Å². The van der Waals surface area contributed by atoms with Crippen molar-refractivity contribution < 1.29 is 0 Å². The Kier molecular flexibility index (Phi) is 4.55. The second-order valence-electron chi connectivity index (χ2n) is 14.1. The summed E-state index contributed by atoms with van der Waals surface area (Å²) in [5.74, 6) is 3.37. The fourth-order valence-corrected chi connectivity index (χ4v) is 14.9. The third-order valence-electron chi connectivity index (χ3n) is 12.7. The normalized spacial score (nSPS) is 41.7. The number of benzene rings is 2. The summed E-state index contributed by atoms with van der Waals surface area (Å²) in [4.78, 5) is 1.56. The largest absolute Gasteiger partial charge is 0.386 e. The topological polar surface area (TPSA) is 11.4 Å². The number of aromatic nitrogens is 1. The molecule has 8 aliphatic rings. The van der Waals surface area contributed by atoms with Crippen molar-refractivity contribution in [3.63, 3.8) is 0 Å². The molecule has 0 amide bonds. The van der Waals surface area contributed by atoms with E-state index in [2.05, 4.69) is 99.0 Å². The van der Waals surface area contributed by atoms with Gasteiger partial charge in [0.2, 0.25) is 0 Å². The molecule has 3 saturated carbocycles. The average Bonchev–Trinajstić information content (AvgIpc) is 3.62. The van der Waals surface area contributed by atoms with Gasteiger partial charge in [0.25, 0.3) is 6.85 Å². The number of hydrogen-bond acceptors (Lipinski definition) is 4. The first-order chi connectivity index (χ1) is 19.8. The van der Waals surface area contributed by atoms with Gasteiger partial charge < -0.3 is 9.49 Å². The highest BCUT2D eigenvalue weighted by Crippen LogP contribution is 2.61. The molecule has 5 aliphatic heterocycles. The van der Waals surface area contributed by atoms with E-state index in [1.165, 1.54) is 73.4 Å². The molecule has 40 heavy (non-hydrogen) atoms. The zero-order valence-corrected chi connectivity index (χ0v) is 24.6. The molecule has 11 rings (SSSR count). The Balaban J connectivity index is 1.03. The molecule has 3 aromatic rings. The van der Waals surface area contributed by atoms with Crippen LogP contribution in [0.4, 0.5) is 0 Å². The lowest BCUT2D eigenvalue weighted by atomic mass is 9.40. The van der Waals surface area contributed by atoms with E-state index in [0.29, 0.717) is 24.0 Å². The van der Waals surface area contributed by atoms with Gasteiger partial charge in [0, 0.05) is 55.9 Å². The minimum absolute atomic E-state index is 0.489. The Morgan fingerprint density at radius 3 is 2.65 bits per heavy atom. The summed E-state index contributed by atoms with van der Waals surface area (Å²) >= 11 is 4.71. The van der Waals surface area contributed by atoms with Gasteiger partial charge in [-0.15, -0.1) is 11.8 Å². The maximum atomic E-state index is 3.07. The summed E-state index contributed by atoms with van der Waals surface area (Å²) in [6.45, 7) is 0.489. The smallest absolute Gasteiger partial charge is 0.299 e. The lowest BCUT2D eigenvalue weighted by Crippen LogP contribution is -2.74. The molecule has 3 nitrogen and oxygen atoms in total. The van der Waals surface area contributed by atoms with Crippen molar-refractivity contribution in [2.24, 2.45) is 17.8 Å². The highest BCUT2D eigenvalue weighted by atomic mass is 32.2. The first-order valence-electron chi connectivity index (χ1n) is 16.1. The second kappa shape index (κ2) is 7.99. The number of rotatable bonds is 0. The third-order valence-corrected chi connectivity index (χ3v) is 15.8. The first-order valence-corrected chi connectivity index (χ1v) is 18.0. The molecular formula is C34H36BN3S2. The summed E-state index contributed by atoms with van der Waals surface area (Å²) in [5.41, 5.74) is 6.06. The number of para-hydroxylation sites is 1. The van der Waals surface area contributed by atoms with Crippen LogP contribution in [0.3, 0.4) is 0 Å². The fraction of sp³-hybridized carbons (Fsp3) is 0.529. The molecule has 10 unspecified atom stereocenters. The van der Waals surface area contributed by atoms with Gasteiger partial charge in [-0.25, -0.2) is 5.01 Å². The van der Waals surface area contributed by atoms with Crippen molar-refractivity contribution in [1.82, 2.24) is 14.5 Å². The molecule has 10 atom stereocenters. The standard InChI is InChI=1S/C34H36BN3S2/c1-5-19-13-15-36-32(19)22(8-1)21-7-3-11-27-31(21)35(36)25-17-30-26(18-29(25)39-27)38-34-24(10-4-12-28(34)40-30)23-9-2-6-20-14-16-37(38)33(20)23/h1,3,5,7-8,11,13-16,20,23-26,28-30,33-34H,2,4,6,9-10,12,17-18H2. The molecule has 2 aromatic carbocycles. The number of hydrogen-bond donors (Lipinski definition) is 0. The molecular weight excluding hydrogens is 525 g/mol. The number of thioether (sulfide) groups is 2. The average molecular weight is 562 g/mol. The van der Waals surface area contributed by atoms with Gasteiger partial charge in [-0.2, -0.15) is 11.8 Å². The zero-order chi connectivity index (χ0) is 25.7. The first kappa shape index (κ1) is 22.8. The number of fused-ring (bicyclic) bond motifs is 8. The molecule has 0 radical (unpaired) electrons. The van der Waals surface area contributed by atoms with E-state index in [1.807, 2.05) is 0 Å². The van der Waals surface area contributed by atoms with Crippen LogP contribution in [0.5, 0.6) is 0 Å². The van der Waals surface area contributed by atoms with Crippen LogP contribution in [0.2, 0.25) is 5.82 Å². The maximum absolute atomic E-state index is 3.07. The van der Waals surface area contributed by atoms with Crippen LogP contribution in [0.15, 0.2) is 65.8 Å².